The number of hydrogen-bond donors (Lipinski definition) is 0. The predicted molar refractivity (Wildman–Crippen MR) is 54.2 cm³/mol. The Hall–Kier alpha value is -1.84. The topological polar surface area (TPSA) is 42.9 Å². The fraction of sp³-hybridized carbons (Fsp3) is 0.182. The molecule has 3 nitrogen and oxygen atoms in total. The lowest BCUT2D eigenvalue weighted by atomic mass is 10.2. The highest BCUT2D eigenvalue weighted by Crippen LogP contribution is 2.15. The average Bonchev–Trinajstić information content (AvgIpc) is 2.16. The number of para-hydroxylation sites is 1. The summed E-state index contributed by atoms with van der Waals surface area (Å²) < 4.78 is 13.3. The number of aryl methyl sites for hydroxylation is 1. The van der Waals surface area contributed by atoms with Gasteiger partial charge in [0.1, 0.15) is 11.2 Å². The summed E-state index contributed by atoms with van der Waals surface area (Å²) in [6.45, 7) is 3.08. The summed E-state index contributed by atoms with van der Waals surface area (Å²) in [5, 5.41) is 0. The van der Waals surface area contributed by atoms with Gasteiger partial charge in [-0.3, -0.25) is 4.79 Å². The van der Waals surface area contributed by atoms with Gasteiger partial charge in [0.2, 0.25) is 0 Å². The molecule has 0 spiro atoms. The molecular formula is C11H9FN2O. The zero-order valence-electron chi connectivity index (χ0n) is 8.41. The molecule has 0 saturated heterocycles. The van der Waals surface area contributed by atoms with E-state index in [1.54, 1.807) is 19.1 Å². The van der Waals surface area contributed by atoms with Crippen LogP contribution in [-0.2, 0) is 0 Å². The minimum absolute atomic E-state index is 0.147. The van der Waals surface area contributed by atoms with Crippen molar-refractivity contribution in [2.24, 2.45) is 0 Å². The molecule has 0 saturated carbocycles. The van der Waals surface area contributed by atoms with Crippen LogP contribution in [0.1, 0.15) is 23.1 Å². The molecule has 1 heterocycles. The van der Waals surface area contributed by atoms with Crippen molar-refractivity contribution in [2.75, 3.05) is 0 Å². The van der Waals surface area contributed by atoms with Crippen molar-refractivity contribution in [3.8, 4) is 0 Å². The Morgan fingerprint density at radius 3 is 2.73 bits per heavy atom. The molecule has 0 aliphatic carbocycles. The van der Waals surface area contributed by atoms with Crippen LogP contribution in [0.4, 0.5) is 4.39 Å². The lowest BCUT2D eigenvalue weighted by molar-refractivity contribution is 0.101. The zero-order valence-corrected chi connectivity index (χ0v) is 8.41. The quantitative estimate of drug-likeness (QED) is 0.669. The van der Waals surface area contributed by atoms with Gasteiger partial charge in [0.05, 0.1) is 11.2 Å². The van der Waals surface area contributed by atoms with Crippen LogP contribution in [0, 0.1) is 12.7 Å². The number of fused-ring (bicyclic) bond motifs is 1. The van der Waals surface area contributed by atoms with E-state index in [2.05, 4.69) is 9.97 Å². The fourth-order valence-corrected chi connectivity index (χ4v) is 1.46. The summed E-state index contributed by atoms with van der Waals surface area (Å²) in [6, 6.07) is 4.54. The number of aromatic nitrogens is 2. The van der Waals surface area contributed by atoms with Crippen molar-refractivity contribution in [2.45, 2.75) is 13.8 Å². The van der Waals surface area contributed by atoms with Crippen molar-refractivity contribution >= 4 is 16.8 Å². The normalized spacial score (nSPS) is 10.6. The van der Waals surface area contributed by atoms with E-state index in [-0.39, 0.29) is 17.0 Å². The van der Waals surface area contributed by atoms with Crippen LogP contribution >= 0.6 is 0 Å². The molecule has 0 bridgehead atoms. The Bertz CT molecular complexity index is 552. The molecule has 4 heteroatoms. The standard InChI is InChI=1S/C11H9FN2O/c1-6-10(7(2)15)14-11-8(12)4-3-5-9(11)13-6/h3-5H,1-2H3. The maximum atomic E-state index is 13.3. The van der Waals surface area contributed by atoms with Gasteiger partial charge in [0.25, 0.3) is 0 Å². The molecule has 0 atom stereocenters. The second-order valence-electron chi connectivity index (χ2n) is 3.32. The van der Waals surface area contributed by atoms with E-state index in [0.717, 1.165) is 0 Å². The van der Waals surface area contributed by atoms with Gasteiger partial charge in [-0.05, 0) is 19.1 Å². The molecule has 0 fully saturated rings. The first kappa shape index (κ1) is 9.71. The number of rotatable bonds is 1. The maximum Gasteiger partial charge on any atom is 0.179 e. The first-order chi connectivity index (χ1) is 7.09. The molecule has 1 aromatic heterocycles. The molecule has 2 aromatic rings. The van der Waals surface area contributed by atoms with Crippen molar-refractivity contribution in [3.05, 3.63) is 35.4 Å². The summed E-state index contributed by atoms with van der Waals surface area (Å²) >= 11 is 0. The number of ketones is 1. The smallest absolute Gasteiger partial charge is 0.179 e. The van der Waals surface area contributed by atoms with Crippen LogP contribution in [0.5, 0.6) is 0 Å². The van der Waals surface area contributed by atoms with Gasteiger partial charge >= 0.3 is 0 Å². The highest BCUT2D eigenvalue weighted by atomic mass is 19.1. The maximum absolute atomic E-state index is 13.3. The molecule has 0 radical (unpaired) electrons. The highest BCUT2D eigenvalue weighted by molar-refractivity contribution is 5.95. The third-order valence-corrected chi connectivity index (χ3v) is 2.15. The van der Waals surface area contributed by atoms with Gasteiger partial charge < -0.3 is 0 Å². The number of halogens is 1. The number of Topliss-reactive ketones (excluding diaryl/α,β-unsaturated/α-hetero) is 1. The van der Waals surface area contributed by atoms with Gasteiger partial charge in [-0.2, -0.15) is 0 Å². The first-order valence-corrected chi connectivity index (χ1v) is 4.53. The molecule has 1 aromatic carbocycles. The number of hydrogen-bond acceptors (Lipinski definition) is 3. The lowest BCUT2D eigenvalue weighted by Crippen LogP contribution is -2.04. The van der Waals surface area contributed by atoms with Gasteiger partial charge in [0.15, 0.2) is 11.6 Å². The van der Waals surface area contributed by atoms with Gasteiger partial charge in [0, 0.05) is 6.92 Å². The Balaban J connectivity index is 2.83. The fourth-order valence-electron chi connectivity index (χ4n) is 1.46. The molecular weight excluding hydrogens is 195 g/mol. The van der Waals surface area contributed by atoms with E-state index in [1.807, 2.05) is 0 Å². The van der Waals surface area contributed by atoms with Crippen LogP contribution in [-0.4, -0.2) is 15.8 Å². The second-order valence-corrected chi connectivity index (χ2v) is 3.32. The van der Waals surface area contributed by atoms with E-state index < -0.39 is 5.82 Å². The Morgan fingerprint density at radius 1 is 1.33 bits per heavy atom. The molecule has 0 amide bonds. The lowest BCUT2D eigenvalue weighted by Gasteiger charge is -2.03. The van der Waals surface area contributed by atoms with E-state index in [1.165, 1.54) is 13.0 Å². The first-order valence-electron chi connectivity index (χ1n) is 4.53. The van der Waals surface area contributed by atoms with Gasteiger partial charge in [-0.25, -0.2) is 14.4 Å². The molecule has 2 rings (SSSR count). The molecule has 15 heavy (non-hydrogen) atoms. The van der Waals surface area contributed by atoms with E-state index >= 15 is 0 Å². The number of benzene rings is 1. The molecule has 76 valence electrons. The second kappa shape index (κ2) is 3.38. The van der Waals surface area contributed by atoms with Crippen molar-refractivity contribution in [1.82, 2.24) is 9.97 Å². The van der Waals surface area contributed by atoms with Crippen LogP contribution < -0.4 is 0 Å². The van der Waals surface area contributed by atoms with Crippen molar-refractivity contribution in [1.29, 1.82) is 0 Å². The van der Waals surface area contributed by atoms with Gasteiger partial charge in [-0.15, -0.1) is 0 Å². The predicted octanol–water partition coefficient (Wildman–Crippen LogP) is 2.28. The third kappa shape index (κ3) is 1.58. The van der Waals surface area contributed by atoms with E-state index in [0.29, 0.717) is 11.2 Å². The van der Waals surface area contributed by atoms with Gasteiger partial charge in [-0.1, -0.05) is 6.07 Å². The highest BCUT2D eigenvalue weighted by Gasteiger charge is 2.11. The Morgan fingerprint density at radius 2 is 2.07 bits per heavy atom. The largest absolute Gasteiger partial charge is 0.293 e. The van der Waals surface area contributed by atoms with Crippen molar-refractivity contribution < 1.29 is 9.18 Å². The third-order valence-electron chi connectivity index (χ3n) is 2.15. The Kier molecular flexibility index (Phi) is 2.19. The molecule has 0 unspecified atom stereocenters. The van der Waals surface area contributed by atoms with Crippen LogP contribution in [0.2, 0.25) is 0 Å². The summed E-state index contributed by atoms with van der Waals surface area (Å²) in [4.78, 5) is 19.3. The number of nitrogens with zero attached hydrogens (tertiary/aromatic N) is 2. The number of carbonyl (C=O) groups excluding carboxylic acids is 1. The summed E-state index contributed by atoms with van der Waals surface area (Å²) in [5.41, 5.74) is 1.37. The summed E-state index contributed by atoms with van der Waals surface area (Å²) in [6.07, 6.45) is 0. The average molecular weight is 204 g/mol. The monoisotopic (exact) mass is 204 g/mol. The summed E-state index contributed by atoms with van der Waals surface area (Å²) in [5.74, 6) is -0.660. The molecule has 0 N–H and O–H groups in total. The zero-order chi connectivity index (χ0) is 11.0. The van der Waals surface area contributed by atoms with E-state index in [9.17, 15) is 9.18 Å². The summed E-state index contributed by atoms with van der Waals surface area (Å²) in [7, 11) is 0. The van der Waals surface area contributed by atoms with E-state index in [4.69, 9.17) is 0 Å². The van der Waals surface area contributed by atoms with Crippen LogP contribution in [0.25, 0.3) is 11.0 Å². The van der Waals surface area contributed by atoms with Crippen LogP contribution in [0.3, 0.4) is 0 Å². The van der Waals surface area contributed by atoms with Crippen molar-refractivity contribution in [3.63, 3.8) is 0 Å². The molecule has 0 aliphatic rings. The Labute approximate surface area is 86.0 Å². The minimum Gasteiger partial charge on any atom is -0.293 e. The minimum atomic E-state index is -0.456. The SMILES string of the molecule is CC(=O)c1nc2c(F)cccc2nc1C. The molecule has 0 aliphatic heterocycles. The van der Waals surface area contributed by atoms with Crippen LogP contribution in [0.15, 0.2) is 18.2 Å². The number of carbonyl (C=O) groups is 1.